The Bertz CT molecular complexity index is 861. The second-order valence-corrected chi connectivity index (χ2v) is 7.13. The van der Waals surface area contributed by atoms with Crippen LogP contribution >= 0.6 is 0 Å². The highest BCUT2D eigenvalue weighted by Gasteiger charge is 2.16. The number of anilines is 1. The van der Waals surface area contributed by atoms with E-state index in [9.17, 15) is 4.79 Å². The van der Waals surface area contributed by atoms with E-state index in [1.54, 1.807) is 14.2 Å². The lowest BCUT2D eigenvalue weighted by Crippen LogP contribution is -2.28. The summed E-state index contributed by atoms with van der Waals surface area (Å²) in [6.45, 7) is 8.11. The lowest BCUT2D eigenvalue weighted by molar-refractivity contribution is 0.254. The average Bonchev–Trinajstić information content (AvgIpc) is 2.59. The number of methoxy groups -OCH3 is 1. The Morgan fingerprint density at radius 3 is 2.35 bits per heavy atom. The van der Waals surface area contributed by atoms with E-state index in [4.69, 9.17) is 4.74 Å². The van der Waals surface area contributed by atoms with Crippen LogP contribution in [-0.2, 0) is 0 Å². The predicted molar refractivity (Wildman–Crippen MR) is 109 cm³/mol. The van der Waals surface area contributed by atoms with Gasteiger partial charge in [0.05, 0.1) is 12.8 Å². The number of hydrogen-bond donors (Lipinski definition) is 2. The number of ether oxygens (including phenoxy) is 1. The number of allylic oxidation sites excluding steroid dienone is 2. The highest BCUT2D eigenvalue weighted by atomic mass is 16.5. The van der Waals surface area contributed by atoms with Gasteiger partial charge in [0, 0.05) is 34.6 Å². The third-order valence-electron chi connectivity index (χ3n) is 4.03. The number of carbonyl (C=O) groups excluding carboxylic acids is 1. The first-order valence-corrected chi connectivity index (χ1v) is 8.55. The molecule has 26 heavy (non-hydrogen) atoms. The molecular weight excluding hydrogens is 326 g/mol. The lowest BCUT2D eigenvalue weighted by Gasteiger charge is -2.19. The summed E-state index contributed by atoms with van der Waals surface area (Å²) in [5.74, 6) is 0.775. The number of benzene rings is 2. The molecule has 0 fully saturated rings. The van der Waals surface area contributed by atoms with Gasteiger partial charge in [-0.1, -0.05) is 45.0 Å². The standard InChI is InChI=1S/C21H27N3O2/c1-14(13-19(22-5)21(2,3)4)23-20(25)24-17-11-12-18(26-6)16-10-8-7-9-15(16)17/h7-13H,1-6H3,(H2,23,24,25)/b14-13+,22-19?. The van der Waals surface area contributed by atoms with Crippen molar-refractivity contribution in [2.45, 2.75) is 27.7 Å². The highest BCUT2D eigenvalue weighted by molar-refractivity contribution is 6.04. The van der Waals surface area contributed by atoms with E-state index < -0.39 is 0 Å². The van der Waals surface area contributed by atoms with Crippen LogP contribution in [0.4, 0.5) is 10.5 Å². The molecule has 0 spiro atoms. The third-order valence-corrected chi connectivity index (χ3v) is 4.03. The number of carbonyl (C=O) groups is 1. The number of aliphatic imine (C=N–C) groups is 1. The zero-order valence-corrected chi connectivity index (χ0v) is 16.3. The summed E-state index contributed by atoms with van der Waals surface area (Å²) in [4.78, 5) is 16.7. The molecule has 0 heterocycles. The van der Waals surface area contributed by atoms with Gasteiger partial charge in [-0.05, 0) is 25.1 Å². The molecule has 2 amide bonds. The number of nitrogens with zero attached hydrogens (tertiary/aromatic N) is 1. The van der Waals surface area contributed by atoms with Crippen LogP contribution in [-0.4, -0.2) is 25.9 Å². The SMILES string of the molecule is CN=C(/C=C(\C)NC(=O)Nc1ccc(OC)c2ccccc12)C(C)(C)C. The van der Waals surface area contributed by atoms with E-state index in [2.05, 4.69) is 36.4 Å². The molecule has 2 aromatic rings. The van der Waals surface area contributed by atoms with Crippen molar-refractivity contribution in [2.75, 3.05) is 19.5 Å². The topological polar surface area (TPSA) is 62.7 Å². The summed E-state index contributed by atoms with van der Waals surface area (Å²) in [6.07, 6.45) is 1.89. The van der Waals surface area contributed by atoms with E-state index in [1.807, 2.05) is 49.4 Å². The molecule has 2 N–H and O–H groups in total. The first kappa shape index (κ1) is 19.5. The largest absolute Gasteiger partial charge is 0.496 e. The van der Waals surface area contributed by atoms with Crippen molar-refractivity contribution in [3.05, 3.63) is 48.2 Å². The smallest absolute Gasteiger partial charge is 0.323 e. The fourth-order valence-corrected chi connectivity index (χ4v) is 2.75. The van der Waals surface area contributed by atoms with Crippen LogP contribution in [0, 0.1) is 5.41 Å². The van der Waals surface area contributed by atoms with Crippen molar-refractivity contribution >= 4 is 28.2 Å². The minimum absolute atomic E-state index is 0.0830. The van der Waals surface area contributed by atoms with Crippen LogP contribution in [0.2, 0.25) is 0 Å². The summed E-state index contributed by atoms with van der Waals surface area (Å²) >= 11 is 0. The maximum Gasteiger partial charge on any atom is 0.323 e. The van der Waals surface area contributed by atoms with Crippen LogP contribution in [0.15, 0.2) is 53.2 Å². The Balaban J connectivity index is 2.20. The Labute approximate surface area is 155 Å². The fourth-order valence-electron chi connectivity index (χ4n) is 2.75. The number of nitrogens with one attached hydrogen (secondary N) is 2. The third kappa shape index (κ3) is 4.63. The normalized spacial score (nSPS) is 12.8. The zero-order valence-electron chi connectivity index (χ0n) is 16.3. The molecule has 138 valence electrons. The minimum Gasteiger partial charge on any atom is -0.496 e. The fraction of sp³-hybridized carbons (Fsp3) is 0.333. The number of amides is 2. The molecule has 0 saturated heterocycles. The van der Waals surface area contributed by atoms with Crippen LogP contribution < -0.4 is 15.4 Å². The van der Waals surface area contributed by atoms with Gasteiger partial charge in [-0.15, -0.1) is 0 Å². The number of urea groups is 1. The molecule has 0 aromatic heterocycles. The minimum atomic E-state index is -0.293. The molecule has 0 aliphatic carbocycles. The van der Waals surface area contributed by atoms with E-state index in [0.717, 1.165) is 33.6 Å². The number of hydrogen-bond acceptors (Lipinski definition) is 3. The van der Waals surface area contributed by atoms with Crippen LogP contribution in [0.25, 0.3) is 10.8 Å². The molecule has 0 unspecified atom stereocenters. The highest BCUT2D eigenvalue weighted by Crippen LogP contribution is 2.31. The summed E-state index contributed by atoms with van der Waals surface area (Å²) < 4.78 is 5.39. The molecule has 0 saturated carbocycles. The van der Waals surface area contributed by atoms with Crippen molar-refractivity contribution in [1.82, 2.24) is 5.32 Å². The summed E-state index contributed by atoms with van der Waals surface area (Å²) in [5, 5.41) is 7.65. The lowest BCUT2D eigenvalue weighted by atomic mass is 9.89. The zero-order chi connectivity index (χ0) is 19.3. The van der Waals surface area contributed by atoms with Gasteiger partial charge < -0.3 is 15.4 Å². The molecule has 2 rings (SSSR count). The Morgan fingerprint density at radius 2 is 1.77 bits per heavy atom. The van der Waals surface area contributed by atoms with Gasteiger partial charge in [-0.3, -0.25) is 4.99 Å². The van der Waals surface area contributed by atoms with Crippen molar-refractivity contribution in [3.8, 4) is 5.75 Å². The van der Waals surface area contributed by atoms with Gasteiger partial charge >= 0.3 is 6.03 Å². The molecule has 2 aromatic carbocycles. The van der Waals surface area contributed by atoms with E-state index in [0.29, 0.717) is 0 Å². The Morgan fingerprint density at radius 1 is 1.12 bits per heavy atom. The van der Waals surface area contributed by atoms with Gasteiger partial charge in [0.15, 0.2) is 0 Å². The maximum absolute atomic E-state index is 12.4. The first-order chi connectivity index (χ1) is 12.3. The van der Waals surface area contributed by atoms with Gasteiger partial charge in [0.25, 0.3) is 0 Å². The molecule has 0 atom stereocenters. The summed E-state index contributed by atoms with van der Waals surface area (Å²) in [7, 11) is 3.39. The monoisotopic (exact) mass is 353 g/mol. The second kappa shape index (κ2) is 8.04. The van der Waals surface area contributed by atoms with E-state index in [-0.39, 0.29) is 11.4 Å². The Kier molecular flexibility index (Phi) is 6.03. The van der Waals surface area contributed by atoms with Crippen molar-refractivity contribution in [1.29, 1.82) is 0 Å². The quantitative estimate of drug-likeness (QED) is 0.761. The number of rotatable bonds is 4. The molecule has 5 heteroatoms. The van der Waals surface area contributed by atoms with Crippen molar-refractivity contribution in [2.24, 2.45) is 10.4 Å². The van der Waals surface area contributed by atoms with E-state index in [1.165, 1.54) is 0 Å². The van der Waals surface area contributed by atoms with Crippen LogP contribution in [0.5, 0.6) is 5.75 Å². The van der Waals surface area contributed by atoms with Gasteiger partial charge in [-0.25, -0.2) is 4.79 Å². The van der Waals surface area contributed by atoms with Gasteiger partial charge in [-0.2, -0.15) is 0 Å². The average molecular weight is 353 g/mol. The summed E-state index contributed by atoms with van der Waals surface area (Å²) in [6, 6.07) is 11.2. The van der Waals surface area contributed by atoms with Gasteiger partial charge in [0.1, 0.15) is 5.75 Å². The first-order valence-electron chi connectivity index (χ1n) is 8.55. The molecule has 0 radical (unpaired) electrons. The van der Waals surface area contributed by atoms with Crippen LogP contribution in [0.1, 0.15) is 27.7 Å². The Hall–Kier alpha value is -2.82. The van der Waals surface area contributed by atoms with Crippen LogP contribution in [0.3, 0.4) is 0 Å². The van der Waals surface area contributed by atoms with Crippen molar-refractivity contribution in [3.63, 3.8) is 0 Å². The molecular formula is C21H27N3O2. The van der Waals surface area contributed by atoms with Gasteiger partial charge in [0.2, 0.25) is 0 Å². The summed E-state index contributed by atoms with van der Waals surface area (Å²) in [5.41, 5.74) is 2.30. The second-order valence-electron chi connectivity index (χ2n) is 7.13. The molecule has 5 nitrogen and oxygen atoms in total. The molecule has 0 bridgehead atoms. The molecule has 0 aliphatic heterocycles. The predicted octanol–water partition coefficient (Wildman–Crippen LogP) is 4.99. The molecule has 0 aliphatic rings. The maximum atomic E-state index is 12.4. The van der Waals surface area contributed by atoms with Crippen molar-refractivity contribution < 1.29 is 9.53 Å². The number of fused-ring (bicyclic) bond motifs is 1. The van der Waals surface area contributed by atoms with E-state index >= 15 is 0 Å².